The van der Waals surface area contributed by atoms with Crippen molar-refractivity contribution < 1.29 is 9.59 Å². The van der Waals surface area contributed by atoms with Gasteiger partial charge in [-0.3, -0.25) is 9.59 Å². The summed E-state index contributed by atoms with van der Waals surface area (Å²) >= 11 is 0. The maximum Gasteiger partial charge on any atom is 0.313 e. The second-order valence-electron chi connectivity index (χ2n) is 8.43. The Hall–Kier alpha value is -3.60. The van der Waals surface area contributed by atoms with Crippen molar-refractivity contribution in [1.82, 2.24) is 5.32 Å². The molecule has 0 bridgehead atoms. The second-order valence-corrected chi connectivity index (χ2v) is 8.43. The number of rotatable bonds is 7. The number of amides is 2. The molecular formula is C28H31N3O2. The Morgan fingerprint density at radius 3 is 2.39 bits per heavy atom. The van der Waals surface area contributed by atoms with Crippen molar-refractivity contribution in [1.29, 1.82) is 0 Å². The quantitative estimate of drug-likeness (QED) is 0.419. The Morgan fingerprint density at radius 2 is 1.61 bits per heavy atom. The number of nitrogens with one attached hydrogen (secondary N) is 2. The standard InChI is InChI=1S/C28H31N3O2/c1-2-22-9-5-6-12-26(22)30-28(33)27(32)29-18-7-8-21-13-15-25(16-14-21)31-19-17-23-10-3-4-11-24(23)20-31/h3-6,9-16H,2,7-8,17-20H2,1H3,(H,29,32)(H,30,33). The molecule has 170 valence electrons. The van der Waals surface area contributed by atoms with Crippen LogP contribution in [0.5, 0.6) is 0 Å². The smallest absolute Gasteiger partial charge is 0.313 e. The van der Waals surface area contributed by atoms with E-state index in [4.69, 9.17) is 0 Å². The van der Waals surface area contributed by atoms with E-state index in [0.717, 1.165) is 44.3 Å². The fourth-order valence-electron chi connectivity index (χ4n) is 4.29. The zero-order chi connectivity index (χ0) is 23.0. The van der Waals surface area contributed by atoms with E-state index in [9.17, 15) is 9.59 Å². The molecule has 4 rings (SSSR count). The average molecular weight is 442 g/mol. The summed E-state index contributed by atoms with van der Waals surface area (Å²) in [5.41, 5.74) is 7.03. The normalized spacial score (nSPS) is 12.7. The first-order chi connectivity index (χ1) is 16.1. The summed E-state index contributed by atoms with van der Waals surface area (Å²) in [6.07, 6.45) is 3.50. The van der Waals surface area contributed by atoms with Gasteiger partial charge in [0, 0.05) is 31.0 Å². The van der Waals surface area contributed by atoms with Crippen molar-refractivity contribution in [3.05, 3.63) is 95.1 Å². The average Bonchev–Trinajstić information content (AvgIpc) is 2.87. The number of anilines is 2. The Balaban J connectivity index is 1.21. The number of nitrogens with zero attached hydrogens (tertiary/aromatic N) is 1. The molecule has 0 aliphatic carbocycles. The van der Waals surface area contributed by atoms with Crippen LogP contribution in [0.15, 0.2) is 72.8 Å². The maximum absolute atomic E-state index is 12.2. The van der Waals surface area contributed by atoms with Gasteiger partial charge < -0.3 is 15.5 Å². The van der Waals surface area contributed by atoms with Crippen LogP contribution in [0, 0.1) is 0 Å². The number of fused-ring (bicyclic) bond motifs is 1. The van der Waals surface area contributed by atoms with E-state index in [2.05, 4.69) is 64.1 Å². The molecule has 0 atom stereocenters. The molecule has 0 aromatic heterocycles. The van der Waals surface area contributed by atoms with Gasteiger partial charge in [-0.05, 0) is 66.1 Å². The van der Waals surface area contributed by atoms with Gasteiger partial charge in [0.2, 0.25) is 0 Å². The van der Waals surface area contributed by atoms with Crippen molar-refractivity contribution >= 4 is 23.2 Å². The Morgan fingerprint density at radius 1 is 0.879 bits per heavy atom. The first-order valence-corrected chi connectivity index (χ1v) is 11.7. The van der Waals surface area contributed by atoms with Crippen LogP contribution >= 0.6 is 0 Å². The third-order valence-corrected chi connectivity index (χ3v) is 6.21. The van der Waals surface area contributed by atoms with Gasteiger partial charge in [-0.2, -0.15) is 0 Å². The molecule has 0 fully saturated rings. The predicted molar refractivity (Wildman–Crippen MR) is 133 cm³/mol. The molecule has 3 aromatic carbocycles. The molecule has 1 aliphatic rings. The molecule has 2 amide bonds. The maximum atomic E-state index is 12.2. The van der Waals surface area contributed by atoms with Gasteiger partial charge >= 0.3 is 11.8 Å². The largest absolute Gasteiger partial charge is 0.367 e. The van der Waals surface area contributed by atoms with Crippen molar-refractivity contribution in [2.45, 2.75) is 39.2 Å². The molecule has 3 aromatic rings. The van der Waals surface area contributed by atoms with Crippen LogP contribution < -0.4 is 15.5 Å². The lowest BCUT2D eigenvalue weighted by molar-refractivity contribution is -0.136. The van der Waals surface area contributed by atoms with Gasteiger partial charge in [0.25, 0.3) is 0 Å². The molecule has 0 saturated heterocycles. The lowest BCUT2D eigenvalue weighted by Crippen LogP contribution is -2.36. The molecular weight excluding hydrogens is 410 g/mol. The lowest BCUT2D eigenvalue weighted by Gasteiger charge is -2.30. The van der Waals surface area contributed by atoms with Crippen LogP contribution in [0.4, 0.5) is 11.4 Å². The van der Waals surface area contributed by atoms with Crippen molar-refractivity contribution in [2.24, 2.45) is 0 Å². The Bertz CT molecular complexity index is 1110. The highest BCUT2D eigenvalue weighted by molar-refractivity contribution is 6.39. The third-order valence-electron chi connectivity index (χ3n) is 6.21. The molecule has 2 N–H and O–H groups in total. The fraction of sp³-hybridized carbons (Fsp3) is 0.286. The molecule has 5 nitrogen and oxygen atoms in total. The molecule has 0 saturated carbocycles. The van der Waals surface area contributed by atoms with Gasteiger partial charge in [-0.1, -0.05) is 61.5 Å². The van der Waals surface area contributed by atoms with Crippen LogP contribution in [0.1, 0.15) is 35.6 Å². The first kappa shape index (κ1) is 22.6. The van der Waals surface area contributed by atoms with E-state index in [-0.39, 0.29) is 0 Å². The summed E-state index contributed by atoms with van der Waals surface area (Å²) < 4.78 is 0. The van der Waals surface area contributed by atoms with Crippen molar-refractivity contribution in [3.63, 3.8) is 0 Å². The SMILES string of the molecule is CCc1ccccc1NC(=O)C(=O)NCCCc1ccc(N2CCc3ccccc3C2)cc1. The summed E-state index contributed by atoms with van der Waals surface area (Å²) in [7, 11) is 0. The number of aryl methyl sites for hydroxylation is 2. The summed E-state index contributed by atoms with van der Waals surface area (Å²) in [6, 6.07) is 24.9. The fourth-order valence-corrected chi connectivity index (χ4v) is 4.29. The van der Waals surface area contributed by atoms with Gasteiger partial charge in [-0.25, -0.2) is 0 Å². The number of benzene rings is 3. The van der Waals surface area contributed by atoms with E-state index in [1.165, 1.54) is 22.4 Å². The topological polar surface area (TPSA) is 61.4 Å². The van der Waals surface area contributed by atoms with Crippen LogP contribution in [0.2, 0.25) is 0 Å². The summed E-state index contributed by atoms with van der Waals surface area (Å²) in [5, 5.41) is 5.43. The van der Waals surface area contributed by atoms with Crippen LogP contribution in [0.3, 0.4) is 0 Å². The lowest BCUT2D eigenvalue weighted by atomic mass is 9.99. The first-order valence-electron chi connectivity index (χ1n) is 11.7. The zero-order valence-corrected chi connectivity index (χ0v) is 19.1. The van der Waals surface area contributed by atoms with E-state index in [0.29, 0.717) is 12.2 Å². The molecule has 0 radical (unpaired) electrons. The third kappa shape index (κ3) is 5.80. The van der Waals surface area contributed by atoms with E-state index < -0.39 is 11.8 Å². The van der Waals surface area contributed by atoms with Crippen LogP contribution in [0.25, 0.3) is 0 Å². The minimum Gasteiger partial charge on any atom is -0.367 e. The molecule has 1 heterocycles. The van der Waals surface area contributed by atoms with Crippen molar-refractivity contribution in [3.8, 4) is 0 Å². The highest BCUT2D eigenvalue weighted by atomic mass is 16.2. The number of carbonyl (C=O) groups excluding carboxylic acids is 2. The van der Waals surface area contributed by atoms with Crippen LogP contribution in [-0.2, 0) is 35.4 Å². The highest BCUT2D eigenvalue weighted by Gasteiger charge is 2.16. The summed E-state index contributed by atoms with van der Waals surface area (Å²) in [6.45, 7) is 4.47. The Labute approximate surface area is 195 Å². The summed E-state index contributed by atoms with van der Waals surface area (Å²) in [5.74, 6) is -1.22. The number of hydrogen-bond donors (Lipinski definition) is 2. The monoisotopic (exact) mass is 441 g/mol. The van der Waals surface area contributed by atoms with Crippen molar-refractivity contribution in [2.75, 3.05) is 23.3 Å². The van der Waals surface area contributed by atoms with E-state index in [1.807, 2.05) is 31.2 Å². The highest BCUT2D eigenvalue weighted by Crippen LogP contribution is 2.24. The van der Waals surface area contributed by atoms with Crippen LogP contribution in [-0.4, -0.2) is 24.9 Å². The van der Waals surface area contributed by atoms with E-state index in [1.54, 1.807) is 0 Å². The molecule has 0 unspecified atom stereocenters. The number of carbonyl (C=O) groups is 2. The summed E-state index contributed by atoms with van der Waals surface area (Å²) in [4.78, 5) is 26.7. The number of hydrogen-bond acceptors (Lipinski definition) is 3. The number of para-hydroxylation sites is 1. The van der Waals surface area contributed by atoms with E-state index >= 15 is 0 Å². The second kappa shape index (κ2) is 10.8. The van der Waals surface area contributed by atoms with Gasteiger partial charge in [0.15, 0.2) is 0 Å². The molecule has 5 heteroatoms. The van der Waals surface area contributed by atoms with Gasteiger partial charge in [0.05, 0.1) is 0 Å². The molecule has 1 aliphatic heterocycles. The molecule has 33 heavy (non-hydrogen) atoms. The minimum atomic E-state index is -0.622. The van der Waals surface area contributed by atoms with Gasteiger partial charge in [0.1, 0.15) is 0 Å². The zero-order valence-electron chi connectivity index (χ0n) is 19.1. The minimum absolute atomic E-state index is 0.465. The molecule has 0 spiro atoms. The predicted octanol–water partition coefficient (Wildman–Crippen LogP) is 4.50. The van der Waals surface area contributed by atoms with Gasteiger partial charge in [-0.15, -0.1) is 0 Å². The Kier molecular flexibility index (Phi) is 7.40.